The Kier molecular flexibility index (Phi) is 4.81. The third-order valence-electron chi connectivity index (χ3n) is 2.00. The average Bonchev–Trinajstić information content (AvgIpc) is 2.16. The van der Waals surface area contributed by atoms with Crippen LogP contribution in [-0.2, 0) is 4.43 Å². The first-order chi connectivity index (χ1) is 8.17. The molecule has 1 aromatic carbocycles. The van der Waals surface area contributed by atoms with Gasteiger partial charge < -0.3 is 8.85 Å². The number of benzene rings is 1. The van der Waals surface area contributed by atoms with Crippen molar-refractivity contribution in [1.29, 1.82) is 0 Å². The molecule has 1 aromatic rings. The standard InChI is InChI=1S/C14H24O2Si2/c1-17(2,3)15-12-11-13-9-7-8-10-14(13)16-18(4,5)6/h7-12H,1-6H3/b12-11+. The molecule has 0 aliphatic carbocycles. The van der Waals surface area contributed by atoms with Crippen molar-refractivity contribution in [2.24, 2.45) is 0 Å². The summed E-state index contributed by atoms with van der Waals surface area (Å²) in [7, 11) is -3.07. The second kappa shape index (κ2) is 5.76. The van der Waals surface area contributed by atoms with E-state index in [-0.39, 0.29) is 0 Å². The van der Waals surface area contributed by atoms with Gasteiger partial charge in [0.05, 0.1) is 6.26 Å². The molecule has 2 nitrogen and oxygen atoms in total. The summed E-state index contributed by atoms with van der Waals surface area (Å²) in [5.74, 6) is 0.951. The van der Waals surface area contributed by atoms with Crippen LogP contribution in [0.3, 0.4) is 0 Å². The molecule has 0 amide bonds. The Morgan fingerprint density at radius 3 is 2.06 bits per heavy atom. The first kappa shape index (κ1) is 15.1. The summed E-state index contributed by atoms with van der Waals surface area (Å²) in [6, 6.07) is 8.10. The summed E-state index contributed by atoms with van der Waals surface area (Å²) >= 11 is 0. The van der Waals surface area contributed by atoms with Crippen LogP contribution in [0.5, 0.6) is 5.75 Å². The number of rotatable bonds is 5. The smallest absolute Gasteiger partial charge is 0.242 e. The van der Waals surface area contributed by atoms with E-state index in [0.29, 0.717) is 0 Å². The molecule has 0 saturated heterocycles. The van der Waals surface area contributed by atoms with E-state index in [1.165, 1.54) is 0 Å². The Labute approximate surface area is 113 Å². The van der Waals surface area contributed by atoms with Crippen molar-refractivity contribution in [2.45, 2.75) is 39.3 Å². The molecule has 0 atom stereocenters. The van der Waals surface area contributed by atoms with E-state index in [1.54, 1.807) is 6.26 Å². The quantitative estimate of drug-likeness (QED) is 0.574. The van der Waals surface area contributed by atoms with Gasteiger partial charge in [-0.3, -0.25) is 0 Å². The third kappa shape index (κ3) is 6.07. The van der Waals surface area contributed by atoms with Gasteiger partial charge in [-0.1, -0.05) is 18.2 Å². The van der Waals surface area contributed by atoms with Crippen molar-refractivity contribution < 1.29 is 8.85 Å². The van der Waals surface area contributed by atoms with E-state index < -0.39 is 16.6 Å². The molecule has 18 heavy (non-hydrogen) atoms. The SMILES string of the molecule is C[Si](C)(C)O/C=C/c1ccccc1O[Si](C)(C)C. The molecular weight excluding hydrogens is 256 g/mol. The summed E-state index contributed by atoms with van der Waals surface area (Å²) < 4.78 is 11.8. The van der Waals surface area contributed by atoms with Gasteiger partial charge in [0.25, 0.3) is 0 Å². The fourth-order valence-electron chi connectivity index (χ4n) is 1.35. The Morgan fingerprint density at radius 2 is 1.50 bits per heavy atom. The van der Waals surface area contributed by atoms with Crippen LogP contribution in [-0.4, -0.2) is 16.6 Å². The predicted molar refractivity (Wildman–Crippen MR) is 83.9 cm³/mol. The van der Waals surface area contributed by atoms with Crippen molar-refractivity contribution in [1.82, 2.24) is 0 Å². The average molecular weight is 281 g/mol. The number of para-hydroxylation sites is 1. The topological polar surface area (TPSA) is 18.5 Å². The van der Waals surface area contributed by atoms with Gasteiger partial charge in [-0.05, 0) is 51.4 Å². The van der Waals surface area contributed by atoms with Gasteiger partial charge in [-0.2, -0.15) is 0 Å². The molecule has 0 saturated carbocycles. The minimum Gasteiger partial charge on any atom is -0.550 e. The van der Waals surface area contributed by atoms with Crippen LogP contribution in [0.2, 0.25) is 39.3 Å². The van der Waals surface area contributed by atoms with Crippen molar-refractivity contribution in [3.8, 4) is 5.75 Å². The second-order valence-electron chi connectivity index (χ2n) is 6.29. The molecule has 1 rings (SSSR count). The molecular formula is C14H24O2Si2. The van der Waals surface area contributed by atoms with Crippen molar-refractivity contribution >= 4 is 22.7 Å². The minimum absolute atomic E-state index is 0.951. The molecule has 0 aliphatic rings. The zero-order chi connectivity index (χ0) is 13.8. The van der Waals surface area contributed by atoms with Gasteiger partial charge >= 0.3 is 0 Å². The molecule has 0 aliphatic heterocycles. The predicted octanol–water partition coefficient (Wildman–Crippen LogP) is 4.72. The first-order valence-corrected chi connectivity index (χ1v) is 13.1. The van der Waals surface area contributed by atoms with Gasteiger partial charge in [-0.25, -0.2) is 0 Å². The highest BCUT2D eigenvalue weighted by Crippen LogP contribution is 2.23. The molecule has 4 heteroatoms. The van der Waals surface area contributed by atoms with E-state index in [1.807, 2.05) is 24.3 Å². The minimum atomic E-state index is -1.57. The maximum Gasteiger partial charge on any atom is 0.242 e. The second-order valence-corrected chi connectivity index (χ2v) is 15.2. The highest BCUT2D eigenvalue weighted by molar-refractivity contribution is 6.70. The summed E-state index contributed by atoms with van der Waals surface area (Å²) in [5.41, 5.74) is 1.08. The largest absolute Gasteiger partial charge is 0.550 e. The Hall–Kier alpha value is -1.01. The maximum absolute atomic E-state index is 6.06. The molecule has 0 heterocycles. The summed E-state index contributed by atoms with van der Waals surface area (Å²) in [6.07, 6.45) is 3.80. The Balaban J connectivity index is 2.83. The van der Waals surface area contributed by atoms with Crippen LogP contribution in [0, 0.1) is 0 Å². The van der Waals surface area contributed by atoms with E-state index in [2.05, 4.69) is 45.3 Å². The van der Waals surface area contributed by atoms with Gasteiger partial charge in [0.1, 0.15) is 5.75 Å². The lowest BCUT2D eigenvalue weighted by atomic mass is 10.2. The van der Waals surface area contributed by atoms with Crippen LogP contribution >= 0.6 is 0 Å². The fourth-order valence-corrected chi connectivity index (χ4v) is 2.67. The van der Waals surface area contributed by atoms with Gasteiger partial charge in [0.15, 0.2) is 0 Å². The summed E-state index contributed by atoms with van der Waals surface area (Å²) in [5, 5.41) is 0. The van der Waals surface area contributed by atoms with Crippen LogP contribution in [0.15, 0.2) is 30.5 Å². The van der Waals surface area contributed by atoms with Gasteiger partial charge in [0.2, 0.25) is 16.6 Å². The van der Waals surface area contributed by atoms with Gasteiger partial charge in [0, 0.05) is 5.56 Å². The monoisotopic (exact) mass is 280 g/mol. The molecule has 100 valence electrons. The number of hydrogen-bond donors (Lipinski definition) is 0. The Bertz CT molecular complexity index is 415. The van der Waals surface area contributed by atoms with E-state index in [4.69, 9.17) is 8.85 Å². The lowest BCUT2D eigenvalue weighted by Gasteiger charge is -2.21. The van der Waals surface area contributed by atoms with Crippen molar-refractivity contribution in [3.05, 3.63) is 36.1 Å². The van der Waals surface area contributed by atoms with Crippen molar-refractivity contribution in [3.63, 3.8) is 0 Å². The zero-order valence-electron chi connectivity index (χ0n) is 12.3. The van der Waals surface area contributed by atoms with E-state index >= 15 is 0 Å². The van der Waals surface area contributed by atoms with Crippen molar-refractivity contribution in [2.75, 3.05) is 0 Å². The maximum atomic E-state index is 6.06. The molecule has 0 spiro atoms. The number of hydrogen-bond acceptors (Lipinski definition) is 2. The molecule has 0 radical (unpaired) electrons. The molecule has 0 N–H and O–H groups in total. The van der Waals surface area contributed by atoms with Gasteiger partial charge in [-0.15, -0.1) is 0 Å². The highest BCUT2D eigenvalue weighted by Gasteiger charge is 2.17. The summed E-state index contributed by atoms with van der Waals surface area (Å²) in [6.45, 7) is 13.1. The lowest BCUT2D eigenvalue weighted by molar-refractivity contribution is 0.483. The fraction of sp³-hybridized carbons (Fsp3) is 0.429. The Morgan fingerprint density at radius 1 is 0.889 bits per heavy atom. The molecule has 0 fully saturated rings. The highest BCUT2D eigenvalue weighted by atomic mass is 28.4. The third-order valence-corrected chi connectivity index (χ3v) is 3.68. The van der Waals surface area contributed by atoms with Crippen LogP contribution in [0.25, 0.3) is 6.08 Å². The van der Waals surface area contributed by atoms with E-state index in [0.717, 1.165) is 11.3 Å². The molecule has 0 unspecified atom stereocenters. The normalized spacial score (nSPS) is 12.8. The molecule has 0 bridgehead atoms. The first-order valence-electron chi connectivity index (χ1n) is 6.30. The van der Waals surface area contributed by atoms with Crippen LogP contribution < -0.4 is 4.43 Å². The van der Waals surface area contributed by atoms with E-state index in [9.17, 15) is 0 Å². The zero-order valence-corrected chi connectivity index (χ0v) is 14.3. The lowest BCUT2D eigenvalue weighted by Crippen LogP contribution is -2.29. The molecule has 0 aromatic heterocycles. The summed E-state index contributed by atoms with van der Waals surface area (Å²) in [4.78, 5) is 0. The van der Waals surface area contributed by atoms with Crippen LogP contribution in [0.1, 0.15) is 5.56 Å². The van der Waals surface area contributed by atoms with Crippen LogP contribution in [0.4, 0.5) is 0 Å².